The molecule has 7 aliphatic rings. The van der Waals surface area contributed by atoms with E-state index >= 15 is 0 Å². The van der Waals surface area contributed by atoms with Gasteiger partial charge in [-0.05, 0) is 44.9 Å². The summed E-state index contributed by atoms with van der Waals surface area (Å²) in [6.45, 7) is 5.01. The van der Waals surface area contributed by atoms with E-state index in [4.69, 9.17) is 71.1 Å². The number of ether oxygens (including phenoxy) is 15. The molecule has 0 aromatic rings. The van der Waals surface area contributed by atoms with Crippen LogP contribution >= 0.6 is 0 Å². The van der Waals surface area contributed by atoms with Crippen molar-refractivity contribution in [3.05, 3.63) is 70.5 Å². The van der Waals surface area contributed by atoms with E-state index in [9.17, 15) is 90.0 Å². The zero-order chi connectivity index (χ0) is 69.2. The van der Waals surface area contributed by atoms with E-state index < -0.39 is 233 Å². The maximum Gasteiger partial charge on any atom is 0.337 e. The zero-order valence-electron chi connectivity index (χ0n) is 52.8. The van der Waals surface area contributed by atoms with Gasteiger partial charge in [-0.1, -0.05) is 32.1 Å². The fourth-order valence-electron chi connectivity index (χ4n) is 12.6. The number of carbonyl (C=O) groups is 6. The number of methoxy groups -OCH3 is 3. The van der Waals surface area contributed by atoms with Crippen molar-refractivity contribution >= 4 is 35.8 Å². The van der Waals surface area contributed by atoms with E-state index in [0.717, 1.165) is 40.1 Å². The summed E-state index contributed by atoms with van der Waals surface area (Å²) >= 11 is 0. The first kappa shape index (κ1) is 75.3. The zero-order valence-corrected chi connectivity index (χ0v) is 52.8. The van der Waals surface area contributed by atoms with Gasteiger partial charge in [0, 0.05) is 40.4 Å². The predicted octanol–water partition coefficient (Wildman–Crippen LogP) is -3.56. The van der Waals surface area contributed by atoms with Gasteiger partial charge in [0.2, 0.25) is 18.9 Å². The Labute approximate surface area is 539 Å². The van der Waals surface area contributed by atoms with Crippen LogP contribution < -0.4 is 0 Å². The fourth-order valence-corrected chi connectivity index (χ4v) is 12.6. The number of carbonyl (C=O) groups excluding carboxylic acids is 6. The molecule has 94 heavy (non-hydrogen) atoms. The summed E-state index contributed by atoms with van der Waals surface area (Å²) in [5.41, 5.74) is -0.0660. The van der Waals surface area contributed by atoms with Crippen molar-refractivity contribution < 1.29 is 161 Å². The Morgan fingerprint density at radius 2 is 0.830 bits per heavy atom. The normalized spacial score (nSPS) is 39.1. The lowest BCUT2D eigenvalue weighted by atomic mass is 9.83. The Kier molecular flexibility index (Phi) is 27.0. The number of hydrogen-bond donors (Lipinski definition) is 12. The van der Waals surface area contributed by atoms with E-state index in [2.05, 4.69) is 0 Å². The molecule has 0 aromatic heterocycles. The van der Waals surface area contributed by atoms with Crippen molar-refractivity contribution in [1.82, 2.24) is 0 Å². The highest BCUT2D eigenvalue weighted by atomic mass is 16.8. The van der Waals surface area contributed by atoms with E-state index in [-0.39, 0.29) is 53.1 Å². The Balaban J connectivity index is 1.11. The van der Waals surface area contributed by atoms with Gasteiger partial charge >= 0.3 is 35.8 Å². The average molecular weight is 1350 g/mol. The topological polar surface area (TPSA) is 484 Å². The Morgan fingerprint density at radius 3 is 1.15 bits per heavy atom. The molecule has 0 spiro atoms. The summed E-state index contributed by atoms with van der Waals surface area (Å²) < 4.78 is 84.5. The molecular formula is C61H86O33. The first-order chi connectivity index (χ1) is 44.8. The van der Waals surface area contributed by atoms with Crippen molar-refractivity contribution in [3.8, 4) is 0 Å². The quantitative estimate of drug-likeness (QED) is 0.0253. The van der Waals surface area contributed by atoms with Crippen molar-refractivity contribution in [2.45, 2.75) is 177 Å². The molecule has 6 aliphatic heterocycles. The van der Waals surface area contributed by atoms with Gasteiger partial charge < -0.3 is 132 Å². The van der Waals surface area contributed by atoms with E-state index in [1.165, 1.54) is 39.0 Å². The molecule has 12 N–H and O–H groups in total. The van der Waals surface area contributed by atoms with E-state index in [0.29, 0.717) is 0 Å². The fraction of sp³-hybridized carbons (Fsp3) is 0.705. The van der Waals surface area contributed by atoms with Crippen LogP contribution in [0, 0.1) is 41.4 Å². The molecule has 33 nitrogen and oxygen atoms in total. The highest BCUT2D eigenvalue weighted by Gasteiger charge is 2.52. The Hall–Kier alpha value is -6.06. The molecule has 0 bridgehead atoms. The highest BCUT2D eigenvalue weighted by Crippen LogP contribution is 2.46. The second-order valence-electron chi connectivity index (χ2n) is 23.5. The molecule has 7 rings (SSSR count). The van der Waals surface area contributed by atoms with Crippen LogP contribution in [0.5, 0.6) is 0 Å². The maximum atomic E-state index is 14.4. The molecular weight excluding hydrogens is 1260 g/mol. The van der Waals surface area contributed by atoms with Gasteiger partial charge in [0.1, 0.15) is 79.4 Å². The first-order valence-electron chi connectivity index (χ1n) is 30.4. The van der Waals surface area contributed by atoms with E-state index in [1.807, 2.05) is 0 Å². The summed E-state index contributed by atoms with van der Waals surface area (Å²) in [7, 11) is 3.28. The lowest BCUT2D eigenvalue weighted by Crippen LogP contribution is -2.60. The van der Waals surface area contributed by atoms with Gasteiger partial charge in [-0.2, -0.15) is 0 Å². The predicted molar refractivity (Wildman–Crippen MR) is 307 cm³/mol. The molecule has 33 heteroatoms. The van der Waals surface area contributed by atoms with Crippen molar-refractivity contribution in [2.75, 3.05) is 54.4 Å². The number of allylic oxidation sites excluding steroid dienone is 3. The first-order valence-corrected chi connectivity index (χ1v) is 30.4. The summed E-state index contributed by atoms with van der Waals surface area (Å²) in [6, 6.07) is 0. The van der Waals surface area contributed by atoms with Crippen LogP contribution in [0.4, 0.5) is 0 Å². The van der Waals surface area contributed by atoms with Crippen LogP contribution in [0.3, 0.4) is 0 Å². The lowest BCUT2D eigenvalue weighted by Gasteiger charge is -2.42. The molecule has 26 atom stereocenters. The third-order valence-electron chi connectivity index (χ3n) is 18.1. The number of aliphatic hydroxyl groups is 12. The van der Waals surface area contributed by atoms with Crippen LogP contribution in [0.2, 0.25) is 0 Å². The number of hydrogen-bond acceptors (Lipinski definition) is 33. The molecule has 1 aliphatic carbocycles. The van der Waals surface area contributed by atoms with Gasteiger partial charge in [0.05, 0.1) is 109 Å². The van der Waals surface area contributed by atoms with Crippen LogP contribution in [-0.2, 0) is 99.8 Å². The van der Waals surface area contributed by atoms with Crippen LogP contribution in [0.15, 0.2) is 70.5 Å². The van der Waals surface area contributed by atoms with Crippen LogP contribution in [-0.4, -0.2) is 269 Å². The second kappa shape index (κ2) is 33.7. The summed E-state index contributed by atoms with van der Waals surface area (Å²) in [5.74, 6) is -11.5. The molecule has 4 fully saturated rings. The summed E-state index contributed by atoms with van der Waals surface area (Å²) in [4.78, 5) is 82.5. The standard InChI is InChI=1S/C61H86O33/c1-9-26-30(34(53(77)80-6)21-85-56(26)92-59-50(74)47(71)44(68)38(16-62)89-59)13-41(65)83-19-24(4)29-12-37(88-43(67)15-32-28(11-3)58(87-23-36(32)55(79)82-8)94-61-52(76)49(73)46(70)40(18-64)91-61)25(5)33(29)20-84-42(66)14-31-27(10-2)57(86-22-35(31)54(78)81-7)93-60-51(75)48(72)45(69)39(17-63)90-60/h9-11,21-25,29-33,37-40,44-52,56-64,68-76H,12-20H2,1-8H3/b26-9+,27-10+,28-11?/t24-,25+,29-,30-,31-,32-,33-,37-,38+,39+,40+,44+,45+,46+,47-,48-,49-,50+,51+,52+,56-,57-,58-,59-,60-,61-/m0/s1. The van der Waals surface area contributed by atoms with Crippen molar-refractivity contribution in [2.24, 2.45) is 41.4 Å². The largest absolute Gasteiger partial charge is 0.468 e. The van der Waals surface area contributed by atoms with Crippen LogP contribution in [0.1, 0.15) is 60.3 Å². The monoisotopic (exact) mass is 1350 g/mol. The van der Waals surface area contributed by atoms with Gasteiger partial charge in [-0.25, -0.2) is 14.4 Å². The summed E-state index contributed by atoms with van der Waals surface area (Å²) in [5, 5.41) is 124. The van der Waals surface area contributed by atoms with Gasteiger partial charge in [-0.15, -0.1) is 0 Å². The maximum absolute atomic E-state index is 14.4. The Bertz CT molecular complexity index is 2830. The minimum atomic E-state index is -1.86. The molecule has 0 amide bonds. The molecule has 3 saturated heterocycles. The number of aliphatic hydroxyl groups excluding tert-OH is 12. The average Bonchev–Trinajstić information content (AvgIpc) is 1.47. The SMILES string of the molecule is CC=C1[C@H](O[C@@H]2O[C@H](CO)[C@@H](O)[C@H](O)[C@H]2O)OC=C(C(=O)OC)[C@H]1CC(=O)O[C@H]1C[C@@H]([C@@H](C)COC(=O)C[C@@H]2C(C(=O)OC)=CO[C@@H](O[C@@H]3O[C@H](CO)[C@@H](O)[C@H](O)[C@H]3O)/C2=C/C)[C@@H](COC(=O)C[C@@H]2C(C(=O)OC)=CO[C@@H](O[C@@H]3O[C@H](CO)[C@@H](O)[C@H](O)[C@H]3O)/C2=C/C)[C@H]1C. The molecule has 0 radical (unpaired) electrons. The molecule has 1 saturated carbocycles. The minimum absolute atomic E-state index is 0.0460. The van der Waals surface area contributed by atoms with E-state index in [1.54, 1.807) is 13.8 Å². The highest BCUT2D eigenvalue weighted by molar-refractivity contribution is 5.92. The van der Waals surface area contributed by atoms with Gasteiger partial charge in [-0.3, -0.25) is 14.4 Å². The Morgan fingerprint density at radius 1 is 0.500 bits per heavy atom. The molecule has 0 aromatic carbocycles. The van der Waals surface area contributed by atoms with Gasteiger partial charge in [0.15, 0.2) is 18.9 Å². The molecule has 528 valence electrons. The molecule has 6 heterocycles. The lowest BCUT2D eigenvalue weighted by molar-refractivity contribution is -0.327. The second-order valence-corrected chi connectivity index (χ2v) is 23.5. The third kappa shape index (κ3) is 16.7. The summed E-state index contributed by atoms with van der Waals surface area (Å²) in [6.07, 6.45) is -25.1. The van der Waals surface area contributed by atoms with Crippen molar-refractivity contribution in [1.29, 1.82) is 0 Å². The van der Waals surface area contributed by atoms with Crippen molar-refractivity contribution in [3.63, 3.8) is 0 Å². The van der Waals surface area contributed by atoms with Gasteiger partial charge in [0.25, 0.3) is 0 Å². The number of esters is 6. The number of rotatable bonds is 24. The van der Waals surface area contributed by atoms with Crippen LogP contribution in [0.25, 0.3) is 0 Å². The smallest absolute Gasteiger partial charge is 0.337 e. The minimum Gasteiger partial charge on any atom is -0.468 e. The third-order valence-corrected chi connectivity index (χ3v) is 18.1. The molecule has 0 unspecified atom stereocenters.